The second-order valence-corrected chi connectivity index (χ2v) is 6.10. The van der Waals surface area contributed by atoms with Crippen LogP contribution in [0.3, 0.4) is 0 Å². The van der Waals surface area contributed by atoms with E-state index in [1.54, 1.807) is 6.20 Å². The summed E-state index contributed by atoms with van der Waals surface area (Å²) in [7, 11) is 0. The van der Waals surface area contributed by atoms with Crippen molar-refractivity contribution in [3.05, 3.63) is 35.9 Å². The van der Waals surface area contributed by atoms with Crippen molar-refractivity contribution in [3.8, 4) is 0 Å². The zero-order valence-corrected chi connectivity index (χ0v) is 13.0. The van der Waals surface area contributed by atoms with E-state index in [4.69, 9.17) is 11.6 Å². The molecule has 1 saturated heterocycles. The Morgan fingerprint density at radius 1 is 1.14 bits per heavy atom. The van der Waals surface area contributed by atoms with Crippen LogP contribution < -0.4 is 0 Å². The van der Waals surface area contributed by atoms with Gasteiger partial charge in [-0.1, -0.05) is 18.0 Å². The molecule has 0 saturated carbocycles. The van der Waals surface area contributed by atoms with E-state index in [9.17, 15) is 0 Å². The van der Waals surface area contributed by atoms with Crippen molar-refractivity contribution >= 4 is 11.6 Å². The van der Waals surface area contributed by atoms with Crippen LogP contribution in [0, 0.1) is 0 Å². The fourth-order valence-corrected chi connectivity index (χ4v) is 3.24. The smallest absolute Gasteiger partial charge is 0.0785 e. The van der Waals surface area contributed by atoms with Gasteiger partial charge in [-0.3, -0.25) is 14.3 Å². The predicted molar refractivity (Wildman–Crippen MR) is 83.3 cm³/mol. The van der Waals surface area contributed by atoms with Gasteiger partial charge >= 0.3 is 0 Å². The molecule has 0 N–H and O–H groups in total. The summed E-state index contributed by atoms with van der Waals surface area (Å²) in [5.41, 5.74) is 0. The molecule has 5 nitrogen and oxygen atoms in total. The zero-order valence-electron chi connectivity index (χ0n) is 12.2. The molecule has 6 heteroatoms. The molecule has 3 heterocycles. The normalized spacial score (nSPS) is 20.0. The van der Waals surface area contributed by atoms with Gasteiger partial charge in [-0.25, -0.2) is 0 Å². The third-order valence-corrected chi connectivity index (χ3v) is 4.41. The van der Waals surface area contributed by atoms with Gasteiger partial charge in [0.15, 0.2) is 0 Å². The van der Waals surface area contributed by atoms with Gasteiger partial charge in [0.25, 0.3) is 0 Å². The molecule has 0 aliphatic carbocycles. The predicted octanol–water partition coefficient (Wildman–Crippen LogP) is 2.68. The second kappa shape index (κ2) is 7.09. The number of nitrogens with zero attached hydrogens (tertiary/aromatic N) is 5. The summed E-state index contributed by atoms with van der Waals surface area (Å²) in [6.07, 6.45) is 12.6. The molecule has 2 aromatic heterocycles. The van der Waals surface area contributed by atoms with E-state index in [1.165, 1.54) is 32.2 Å². The number of aromatic nitrogens is 4. The first kappa shape index (κ1) is 14.6. The van der Waals surface area contributed by atoms with Crippen LogP contribution in [-0.2, 0) is 13.1 Å². The lowest BCUT2D eigenvalue weighted by atomic mass is 9.99. The lowest BCUT2D eigenvalue weighted by Gasteiger charge is -2.35. The highest BCUT2D eigenvalue weighted by Crippen LogP contribution is 2.20. The third kappa shape index (κ3) is 4.08. The Kier molecular flexibility index (Phi) is 4.93. The van der Waals surface area contributed by atoms with E-state index < -0.39 is 0 Å². The Morgan fingerprint density at radius 3 is 2.86 bits per heavy atom. The van der Waals surface area contributed by atoms with Crippen LogP contribution in [-0.4, -0.2) is 43.6 Å². The molecule has 0 spiro atoms. The highest BCUT2D eigenvalue weighted by Gasteiger charge is 2.21. The Hall–Kier alpha value is -1.33. The van der Waals surface area contributed by atoms with E-state index in [0.717, 1.165) is 19.6 Å². The molecule has 1 unspecified atom stereocenters. The average molecular weight is 308 g/mol. The van der Waals surface area contributed by atoms with Gasteiger partial charge in [0.2, 0.25) is 0 Å². The first-order chi connectivity index (χ1) is 10.3. The number of hydrogen-bond acceptors (Lipinski definition) is 3. The van der Waals surface area contributed by atoms with Crippen molar-refractivity contribution in [3.63, 3.8) is 0 Å². The van der Waals surface area contributed by atoms with Gasteiger partial charge in [-0.15, -0.1) is 0 Å². The highest BCUT2D eigenvalue weighted by molar-refractivity contribution is 6.30. The van der Waals surface area contributed by atoms with Gasteiger partial charge < -0.3 is 0 Å². The number of likely N-dealkylation sites (tertiary alicyclic amines) is 1. The fraction of sp³-hybridized carbons (Fsp3) is 0.600. The topological polar surface area (TPSA) is 38.9 Å². The van der Waals surface area contributed by atoms with Crippen LogP contribution in [0.15, 0.2) is 30.9 Å². The molecule has 1 atom stereocenters. The number of rotatable bonds is 6. The van der Waals surface area contributed by atoms with Crippen molar-refractivity contribution in [2.24, 2.45) is 0 Å². The molecule has 0 aromatic carbocycles. The quantitative estimate of drug-likeness (QED) is 0.823. The van der Waals surface area contributed by atoms with Crippen LogP contribution in [0.5, 0.6) is 0 Å². The molecule has 2 aromatic rings. The van der Waals surface area contributed by atoms with Crippen molar-refractivity contribution in [2.45, 2.75) is 44.8 Å². The summed E-state index contributed by atoms with van der Waals surface area (Å²) in [5.74, 6) is 0. The summed E-state index contributed by atoms with van der Waals surface area (Å²) >= 11 is 5.91. The van der Waals surface area contributed by atoms with Gasteiger partial charge in [0.1, 0.15) is 0 Å². The monoisotopic (exact) mass is 307 g/mol. The number of aryl methyl sites for hydroxylation is 1. The molecule has 3 rings (SSSR count). The summed E-state index contributed by atoms with van der Waals surface area (Å²) in [6.45, 7) is 4.15. The van der Waals surface area contributed by atoms with E-state index in [2.05, 4.69) is 15.1 Å². The van der Waals surface area contributed by atoms with Crippen molar-refractivity contribution in [1.29, 1.82) is 0 Å². The van der Waals surface area contributed by atoms with Gasteiger partial charge in [-0.2, -0.15) is 10.2 Å². The second-order valence-electron chi connectivity index (χ2n) is 5.67. The van der Waals surface area contributed by atoms with E-state index >= 15 is 0 Å². The SMILES string of the molecule is Clc1cnn(CCN2CCCCC2CCn2cccn2)c1. The standard InChI is InChI=1S/C15H22ClN5/c16-14-12-18-21(13-14)11-10-19-7-2-1-4-15(19)5-9-20-8-3-6-17-20/h3,6,8,12-13,15H,1-2,4-5,7,9-11H2. The molecule has 1 fully saturated rings. The molecule has 1 aliphatic rings. The Bertz CT molecular complexity index is 536. The third-order valence-electron chi connectivity index (χ3n) is 4.22. The molecule has 0 bridgehead atoms. The lowest BCUT2D eigenvalue weighted by molar-refractivity contribution is 0.129. The Morgan fingerprint density at radius 2 is 2.10 bits per heavy atom. The van der Waals surface area contributed by atoms with Gasteiger partial charge in [0.05, 0.1) is 17.8 Å². The highest BCUT2D eigenvalue weighted by atomic mass is 35.5. The van der Waals surface area contributed by atoms with Crippen molar-refractivity contribution in [2.75, 3.05) is 13.1 Å². The van der Waals surface area contributed by atoms with Crippen LogP contribution >= 0.6 is 11.6 Å². The first-order valence-electron chi connectivity index (χ1n) is 7.71. The minimum atomic E-state index is 0.661. The summed E-state index contributed by atoms with van der Waals surface area (Å²) < 4.78 is 3.96. The fourth-order valence-electron chi connectivity index (χ4n) is 3.09. The number of piperidine rings is 1. The van der Waals surface area contributed by atoms with Gasteiger partial charge in [0, 0.05) is 37.7 Å². The summed E-state index contributed by atoms with van der Waals surface area (Å²) in [5, 5.41) is 9.26. The Labute approximate surface area is 130 Å². The lowest BCUT2D eigenvalue weighted by Crippen LogP contribution is -2.41. The summed E-state index contributed by atoms with van der Waals surface area (Å²) in [4.78, 5) is 2.60. The van der Waals surface area contributed by atoms with E-state index in [0.29, 0.717) is 11.1 Å². The number of hydrogen-bond donors (Lipinski definition) is 0. The molecule has 0 amide bonds. The maximum absolute atomic E-state index is 5.91. The van der Waals surface area contributed by atoms with Gasteiger partial charge in [-0.05, 0) is 31.9 Å². The average Bonchev–Trinajstić information content (AvgIpc) is 3.15. The molecule has 0 radical (unpaired) electrons. The minimum absolute atomic E-state index is 0.661. The minimum Gasteiger partial charge on any atom is -0.298 e. The first-order valence-corrected chi connectivity index (χ1v) is 8.08. The molecule has 21 heavy (non-hydrogen) atoms. The van der Waals surface area contributed by atoms with Crippen molar-refractivity contribution in [1.82, 2.24) is 24.5 Å². The maximum atomic E-state index is 5.91. The summed E-state index contributed by atoms with van der Waals surface area (Å²) in [6, 6.07) is 2.65. The van der Waals surface area contributed by atoms with E-state index in [1.807, 2.05) is 34.0 Å². The van der Waals surface area contributed by atoms with Crippen LogP contribution in [0.25, 0.3) is 0 Å². The van der Waals surface area contributed by atoms with Crippen LogP contribution in [0.1, 0.15) is 25.7 Å². The van der Waals surface area contributed by atoms with Crippen molar-refractivity contribution < 1.29 is 0 Å². The zero-order chi connectivity index (χ0) is 14.5. The molecular formula is C15H22ClN5. The molecular weight excluding hydrogens is 286 g/mol. The largest absolute Gasteiger partial charge is 0.298 e. The molecule has 1 aliphatic heterocycles. The van der Waals surface area contributed by atoms with Crippen LogP contribution in [0.2, 0.25) is 5.02 Å². The van der Waals surface area contributed by atoms with E-state index in [-0.39, 0.29) is 0 Å². The van der Waals surface area contributed by atoms with Crippen LogP contribution in [0.4, 0.5) is 0 Å². The Balaban J connectivity index is 1.51. The maximum Gasteiger partial charge on any atom is 0.0785 e. The molecule has 114 valence electrons. The number of halogens is 1.